The molecule has 0 aliphatic heterocycles. The van der Waals surface area contributed by atoms with Crippen LogP contribution in [0.25, 0.3) is 11.6 Å². The quantitative estimate of drug-likeness (QED) is 0.436. The number of hydrogen-bond donors (Lipinski definition) is 1. The highest BCUT2D eigenvalue weighted by atomic mass is 16.5. The molecule has 0 saturated carbocycles. The molecular weight excluding hydrogens is 312 g/mol. The molecule has 2 aromatic rings. The van der Waals surface area contributed by atoms with Gasteiger partial charge in [-0.15, -0.1) is 0 Å². The molecule has 0 saturated heterocycles. The van der Waals surface area contributed by atoms with Crippen molar-refractivity contribution < 1.29 is 14.6 Å². The first-order valence-corrected chi connectivity index (χ1v) is 8.55. The lowest BCUT2D eigenvalue weighted by molar-refractivity contribution is -0.103. The number of hydrogen-bond acceptors (Lipinski definition) is 3. The Hall–Kier alpha value is -2.55. The van der Waals surface area contributed by atoms with Gasteiger partial charge in [-0.1, -0.05) is 45.9 Å². The molecule has 1 N–H and O–H groups in total. The van der Waals surface area contributed by atoms with Crippen LogP contribution in [-0.4, -0.2) is 18.5 Å². The number of allylic oxidation sites excluding steroid dienone is 1. The number of aldehydes is 1. The van der Waals surface area contributed by atoms with Crippen LogP contribution in [0.2, 0.25) is 0 Å². The predicted molar refractivity (Wildman–Crippen MR) is 103 cm³/mol. The van der Waals surface area contributed by atoms with Crippen molar-refractivity contribution in [2.45, 2.75) is 39.5 Å². The van der Waals surface area contributed by atoms with Crippen LogP contribution in [0.1, 0.15) is 61.8 Å². The Kier molecular flexibility index (Phi) is 6.02. The molecule has 0 bridgehead atoms. The summed E-state index contributed by atoms with van der Waals surface area (Å²) in [5.41, 5.74) is 4.71. The molecule has 0 radical (unpaired) electrons. The Labute approximate surface area is 150 Å². The topological polar surface area (TPSA) is 46.5 Å². The van der Waals surface area contributed by atoms with Gasteiger partial charge in [0, 0.05) is 17.2 Å². The summed E-state index contributed by atoms with van der Waals surface area (Å²) < 4.78 is 5.32. The van der Waals surface area contributed by atoms with Gasteiger partial charge in [0.15, 0.2) is 6.29 Å². The molecule has 0 unspecified atom stereocenters. The third-order valence-electron chi connectivity index (χ3n) is 4.33. The van der Waals surface area contributed by atoms with Crippen LogP contribution in [0.5, 0.6) is 11.5 Å². The molecule has 3 heteroatoms. The van der Waals surface area contributed by atoms with E-state index in [-0.39, 0.29) is 5.75 Å². The van der Waals surface area contributed by atoms with Crippen LogP contribution in [0.3, 0.4) is 0 Å². The summed E-state index contributed by atoms with van der Waals surface area (Å²) in [5.74, 6) is 1.40. The van der Waals surface area contributed by atoms with E-state index in [4.69, 9.17) is 4.74 Å². The molecule has 0 aromatic heterocycles. The minimum atomic E-state index is 0.130. The first-order chi connectivity index (χ1) is 11.9. The molecule has 0 heterocycles. The summed E-state index contributed by atoms with van der Waals surface area (Å²) in [6.45, 7) is 8.59. The highest BCUT2D eigenvalue weighted by molar-refractivity contribution is 6.14. The van der Waals surface area contributed by atoms with Gasteiger partial charge in [0.25, 0.3) is 0 Å². The highest BCUT2D eigenvalue weighted by Gasteiger charge is 2.14. The van der Waals surface area contributed by atoms with Gasteiger partial charge in [0.2, 0.25) is 0 Å². The second-order valence-corrected chi connectivity index (χ2v) is 6.80. The first kappa shape index (κ1) is 18.8. The van der Waals surface area contributed by atoms with Crippen LogP contribution in [0.15, 0.2) is 36.4 Å². The molecule has 2 rings (SSSR count). The molecule has 3 nitrogen and oxygen atoms in total. The normalized spacial score (nSPS) is 11.9. The van der Waals surface area contributed by atoms with Crippen LogP contribution in [-0.2, 0) is 4.79 Å². The molecule has 0 aliphatic carbocycles. The van der Waals surface area contributed by atoms with E-state index < -0.39 is 0 Å². The number of phenolic OH excluding ortho intramolecular Hbond substituents is 1. The minimum absolute atomic E-state index is 0.130. The number of methoxy groups -OCH3 is 1. The average Bonchev–Trinajstić information content (AvgIpc) is 2.59. The van der Waals surface area contributed by atoms with Gasteiger partial charge in [0.05, 0.1) is 7.11 Å². The van der Waals surface area contributed by atoms with E-state index in [1.165, 1.54) is 5.56 Å². The number of carbonyl (C=O) groups is 1. The van der Waals surface area contributed by atoms with Crippen molar-refractivity contribution in [1.82, 2.24) is 0 Å². The van der Waals surface area contributed by atoms with Crippen LogP contribution in [0, 0.1) is 0 Å². The zero-order chi connectivity index (χ0) is 18.6. The number of rotatable bonds is 6. The minimum Gasteiger partial charge on any atom is -0.508 e. The summed E-state index contributed by atoms with van der Waals surface area (Å²) in [6, 6.07) is 11.2. The van der Waals surface area contributed by atoms with Crippen molar-refractivity contribution in [1.29, 1.82) is 0 Å². The SMILES string of the molecule is COc1cc(O)ccc1/C=C(\C=O)c1ccc(C(C)C)cc1C(C)C. The fourth-order valence-corrected chi connectivity index (χ4v) is 2.84. The first-order valence-electron chi connectivity index (χ1n) is 8.55. The third-order valence-corrected chi connectivity index (χ3v) is 4.33. The Morgan fingerprint density at radius 2 is 1.76 bits per heavy atom. The maximum absolute atomic E-state index is 11.8. The molecule has 0 amide bonds. The Balaban J connectivity index is 2.59. The van der Waals surface area contributed by atoms with Gasteiger partial charge in [-0.25, -0.2) is 0 Å². The van der Waals surface area contributed by atoms with Gasteiger partial charge >= 0.3 is 0 Å². The molecule has 0 aliphatic rings. The maximum Gasteiger partial charge on any atom is 0.150 e. The lowest BCUT2D eigenvalue weighted by Crippen LogP contribution is -2.00. The number of ether oxygens (including phenoxy) is 1. The summed E-state index contributed by atoms with van der Waals surface area (Å²) in [5, 5.41) is 9.61. The van der Waals surface area contributed by atoms with Gasteiger partial charge in [-0.05, 0) is 46.7 Å². The van der Waals surface area contributed by atoms with Crippen molar-refractivity contribution in [2.24, 2.45) is 0 Å². The van der Waals surface area contributed by atoms with E-state index in [2.05, 4.69) is 39.8 Å². The van der Waals surface area contributed by atoms with Crippen LogP contribution >= 0.6 is 0 Å². The molecule has 0 atom stereocenters. The van der Waals surface area contributed by atoms with Crippen LogP contribution < -0.4 is 4.74 Å². The molecule has 0 spiro atoms. The fourth-order valence-electron chi connectivity index (χ4n) is 2.84. The predicted octanol–water partition coefficient (Wildman–Crippen LogP) is 5.39. The average molecular weight is 338 g/mol. The monoisotopic (exact) mass is 338 g/mol. The molecule has 2 aromatic carbocycles. The zero-order valence-electron chi connectivity index (χ0n) is 15.5. The van der Waals surface area contributed by atoms with E-state index in [0.29, 0.717) is 23.2 Å². The van der Waals surface area contributed by atoms with E-state index >= 15 is 0 Å². The van der Waals surface area contributed by atoms with E-state index in [1.807, 2.05) is 12.1 Å². The maximum atomic E-state index is 11.8. The molecule has 25 heavy (non-hydrogen) atoms. The van der Waals surface area contributed by atoms with Crippen LogP contribution in [0.4, 0.5) is 0 Å². The van der Waals surface area contributed by atoms with Crippen molar-refractivity contribution in [3.63, 3.8) is 0 Å². The van der Waals surface area contributed by atoms with Gasteiger partial charge in [-0.2, -0.15) is 0 Å². The Morgan fingerprint density at radius 1 is 1.04 bits per heavy atom. The highest BCUT2D eigenvalue weighted by Crippen LogP contribution is 2.32. The number of phenols is 1. The second kappa shape index (κ2) is 8.02. The van der Waals surface area contributed by atoms with E-state index in [9.17, 15) is 9.90 Å². The Morgan fingerprint density at radius 3 is 2.32 bits per heavy atom. The number of aromatic hydroxyl groups is 1. The number of carbonyl (C=O) groups excluding carboxylic acids is 1. The van der Waals surface area contributed by atoms with Gasteiger partial charge in [-0.3, -0.25) is 4.79 Å². The van der Waals surface area contributed by atoms with E-state index in [0.717, 1.165) is 23.0 Å². The zero-order valence-corrected chi connectivity index (χ0v) is 15.5. The third kappa shape index (κ3) is 4.30. The second-order valence-electron chi connectivity index (χ2n) is 6.80. The van der Waals surface area contributed by atoms with Crippen molar-refractivity contribution >= 4 is 17.9 Å². The lowest BCUT2D eigenvalue weighted by atomic mass is 9.88. The fraction of sp³-hybridized carbons (Fsp3) is 0.318. The van der Waals surface area contributed by atoms with Gasteiger partial charge in [0.1, 0.15) is 11.5 Å². The Bertz CT molecular complexity index is 786. The van der Waals surface area contributed by atoms with E-state index in [1.54, 1.807) is 25.3 Å². The molecular formula is C22H26O3. The molecule has 132 valence electrons. The summed E-state index contributed by atoms with van der Waals surface area (Å²) in [6.07, 6.45) is 2.68. The number of benzene rings is 2. The van der Waals surface area contributed by atoms with Crippen molar-refractivity contribution in [3.8, 4) is 11.5 Å². The summed E-state index contributed by atoms with van der Waals surface area (Å²) >= 11 is 0. The summed E-state index contributed by atoms with van der Waals surface area (Å²) in [4.78, 5) is 11.8. The largest absolute Gasteiger partial charge is 0.508 e. The smallest absolute Gasteiger partial charge is 0.150 e. The summed E-state index contributed by atoms with van der Waals surface area (Å²) in [7, 11) is 1.55. The lowest BCUT2D eigenvalue weighted by Gasteiger charge is -2.17. The van der Waals surface area contributed by atoms with Crippen molar-refractivity contribution in [2.75, 3.05) is 7.11 Å². The standard InChI is InChI=1S/C22H26O3/c1-14(2)16-7-9-20(21(11-16)15(3)4)18(13-23)10-17-6-8-19(24)12-22(17)25-5/h6-15,24H,1-5H3/b18-10+. The molecule has 0 fully saturated rings. The van der Waals surface area contributed by atoms with Crippen molar-refractivity contribution in [3.05, 3.63) is 58.7 Å². The van der Waals surface area contributed by atoms with Gasteiger partial charge < -0.3 is 9.84 Å².